The van der Waals surface area contributed by atoms with E-state index in [1.54, 1.807) is 7.11 Å². The van der Waals surface area contributed by atoms with E-state index in [0.717, 1.165) is 86.7 Å². The molecule has 360 valence electrons. The molecular formula is C43H72N10O10S. The van der Waals surface area contributed by atoms with Crippen LogP contribution in [0.15, 0.2) is 30.5 Å². The van der Waals surface area contributed by atoms with Crippen molar-refractivity contribution in [2.75, 3.05) is 110 Å². The number of nitrogens with two attached hydrogens (primary N) is 2. The Morgan fingerprint density at radius 1 is 0.922 bits per heavy atom. The predicted molar refractivity (Wildman–Crippen MR) is 251 cm³/mol. The number of aliphatic carboxylic acids is 2. The molecule has 3 heterocycles. The average molecular weight is 921 g/mol. The van der Waals surface area contributed by atoms with Gasteiger partial charge in [-0.15, -0.1) is 0 Å². The molecular weight excluding hydrogens is 849 g/mol. The van der Waals surface area contributed by atoms with Crippen LogP contribution in [0.5, 0.6) is 5.75 Å². The number of carboxylic acid groups (broad SMARTS) is 2. The fourth-order valence-electron chi connectivity index (χ4n) is 5.71. The number of methoxy groups -OCH3 is 1. The van der Waals surface area contributed by atoms with E-state index in [1.165, 1.54) is 18.4 Å². The van der Waals surface area contributed by atoms with Crippen LogP contribution in [0.2, 0.25) is 0 Å². The van der Waals surface area contributed by atoms with Crippen LogP contribution in [0.1, 0.15) is 63.0 Å². The molecule has 3 aromatic rings. The Kier molecular flexibility index (Phi) is 31.6. The zero-order chi connectivity index (χ0) is 47.5. The number of nitrogen functional groups attached to an aromatic ring is 1. The summed E-state index contributed by atoms with van der Waals surface area (Å²) in [5, 5.41) is 25.0. The highest BCUT2D eigenvalue weighted by atomic mass is 32.1. The van der Waals surface area contributed by atoms with Crippen molar-refractivity contribution in [2.45, 2.75) is 71.0 Å². The van der Waals surface area contributed by atoms with Gasteiger partial charge in [0, 0.05) is 89.1 Å². The van der Waals surface area contributed by atoms with E-state index in [0.29, 0.717) is 51.6 Å². The summed E-state index contributed by atoms with van der Waals surface area (Å²) in [6.07, 6.45) is 7.59. The van der Waals surface area contributed by atoms with E-state index in [2.05, 4.69) is 85.1 Å². The van der Waals surface area contributed by atoms with Crippen LogP contribution >= 0.6 is 12.6 Å². The standard InChI is InChI=1S/C25H37N7O.C8H17NO3.C7H11NO4.C3H7NO2S/c1-4-5-6-10-27-24-23-21(28-25(26)29-24)9-11-32(23)18-20-8-7-19(16-22(20)33-3)17-31-14-12-30(2)13-15-31;1-9-3-6-12-8-7-11-5-2-4-10;9-5-1-4-8-6(10)2-3-7(11)12;4-2(1-7)3(5)6/h7-9,11,16H,4-6,10,12-15,17-18H2,1-3H3,(H3,26,27,28,29);4,9H,2-3,5-8H2,1H3;5H,1-4H2,(H,8,10)(H,11,12);2,7H,1,4H2,(H,5,6). The number of carbonyl (C=O) groups is 5. The quantitative estimate of drug-likeness (QED) is 0.0309. The second-order valence-corrected chi connectivity index (χ2v) is 14.9. The molecule has 0 aliphatic carbocycles. The number of piperazine rings is 1. The number of carbonyl (C=O) groups excluding carboxylic acids is 3. The molecule has 0 saturated carbocycles. The summed E-state index contributed by atoms with van der Waals surface area (Å²) < 4.78 is 18.2. The lowest BCUT2D eigenvalue weighted by Crippen LogP contribution is -2.43. The highest BCUT2D eigenvalue weighted by Crippen LogP contribution is 2.27. The first-order valence-electron chi connectivity index (χ1n) is 21.5. The molecule has 20 nitrogen and oxygen atoms in total. The summed E-state index contributed by atoms with van der Waals surface area (Å²) in [7, 11) is 5.81. The predicted octanol–water partition coefficient (Wildman–Crippen LogP) is 2.13. The second kappa shape index (κ2) is 35.4. The molecule has 2 aromatic heterocycles. The topological polar surface area (TPSA) is 279 Å². The number of anilines is 2. The Morgan fingerprint density at radius 3 is 2.22 bits per heavy atom. The number of thiol groups is 1. The first-order valence-corrected chi connectivity index (χ1v) is 22.1. The first kappa shape index (κ1) is 57.1. The molecule has 0 bridgehead atoms. The summed E-state index contributed by atoms with van der Waals surface area (Å²) >= 11 is 3.65. The molecule has 21 heteroatoms. The van der Waals surface area contributed by atoms with E-state index in [4.69, 9.17) is 35.9 Å². The normalized spacial score (nSPS) is 12.9. The van der Waals surface area contributed by atoms with Gasteiger partial charge in [0.25, 0.3) is 0 Å². The minimum Gasteiger partial charge on any atom is -0.496 e. The Labute approximate surface area is 382 Å². The minimum atomic E-state index is -1.00. The van der Waals surface area contributed by atoms with Crippen molar-refractivity contribution in [3.05, 3.63) is 41.6 Å². The third kappa shape index (κ3) is 25.4. The van der Waals surface area contributed by atoms with Gasteiger partial charge in [-0.25, -0.2) is 4.98 Å². The van der Waals surface area contributed by atoms with Crippen LogP contribution in [0.25, 0.3) is 11.0 Å². The highest BCUT2D eigenvalue weighted by molar-refractivity contribution is 7.80. The molecule has 1 aliphatic heterocycles. The Bertz CT molecular complexity index is 1780. The number of aldehydes is 2. The Hall–Kier alpha value is -4.90. The van der Waals surface area contributed by atoms with Crippen LogP contribution in [-0.4, -0.2) is 170 Å². The smallest absolute Gasteiger partial charge is 0.321 e. The number of nitrogens with zero attached hydrogens (tertiary/aromatic N) is 5. The minimum absolute atomic E-state index is 0.0335. The number of carboxylic acids is 2. The lowest BCUT2D eigenvalue weighted by Gasteiger charge is -2.32. The third-order valence-electron chi connectivity index (χ3n) is 9.31. The second-order valence-electron chi connectivity index (χ2n) is 14.6. The van der Waals surface area contributed by atoms with Crippen LogP contribution in [0.3, 0.4) is 0 Å². The SMILES string of the molecule is CCCCCNc1nc(N)nc2ccn(Cc3ccc(CN4CCN(C)CC4)cc3OC)c12.CNCCOCCOCCC=O.NC(CS)C(=O)O.O=CCCNC(=O)CCC(=O)O. The molecule has 64 heavy (non-hydrogen) atoms. The van der Waals surface area contributed by atoms with Crippen molar-refractivity contribution in [3.8, 4) is 5.75 Å². The first-order chi connectivity index (χ1) is 30.8. The van der Waals surface area contributed by atoms with E-state index < -0.39 is 18.0 Å². The number of ether oxygens (including phenoxy) is 3. The number of fused-ring (bicyclic) bond motifs is 1. The lowest BCUT2D eigenvalue weighted by molar-refractivity contribution is -0.139. The average Bonchev–Trinajstić information content (AvgIpc) is 3.69. The molecule has 0 spiro atoms. The number of nitrogens with one attached hydrogen (secondary N) is 3. The fourth-order valence-corrected chi connectivity index (χ4v) is 5.87. The lowest BCUT2D eigenvalue weighted by atomic mass is 10.1. The molecule has 1 amide bonds. The van der Waals surface area contributed by atoms with Crippen molar-refractivity contribution < 1.29 is 48.4 Å². The van der Waals surface area contributed by atoms with Crippen molar-refractivity contribution in [1.82, 2.24) is 35.0 Å². The van der Waals surface area contributed by atoms with Gasteiger partial charge in [-0.05, 0) is 38.2 Å². The largest absolute Gasteiger partial charge is 0.496 e. The molecule has 1 atom stereocenters. The Morgan fingerprint density at radius 2 is 1.62 bits per heavy atom. The summed E-state index contributed by atoms with van der Waals surface area (Å²) in [5.74, 6) is -0.143. The van der Waals surface area contributed by atoms with Gasteiger partial charge in [0.2, 0.25) is 11.9 Å². The van der Waals surface area contributed by atoms with Crippen molar-refractivity contribution in [3.63, 3.8) is 0 Å². The maximum atomic E-state index is 10.7. The van der Waals surface area contributed by atoms with Crippen LogP contribution in [-0.2, 0) is 46.5 Å². The zero-order valence-corrected chi connectivity index (χ0v) is 38.9. The molecule has 1 aliphatic rings. The summed E-state index contributed by atoms with van der Waals surface area (Å²) in [6, 6.07) is 7.77. The summed E-state index contributed by atoms with van der Waals surface area (Å²) in [5.41, 5.74) is 15.1. The van der Waals surface area contributed by atoms with E-state index in [1.807, 2.05) is 19.3 Å². The van der Waals surface area contributed by atoms with Gasteiger partial charge in [-0.2, -0.15) is 17.6 Å². The van der Waals surface area contributed by atoms with Crippen molar-refractivity contribution in [2.24, 2.45) is 5.73 Å². The van der Waals surface area contributed by atoms with Crippen molar-refractivity contribution >= 4 is 65.8 Å². The molecule has 1 unspecified atom stereocenters. The summed E-state index contributed by atoms with van der Waals surface area (Å²) in [4.78, 5) is 64.0. The van der Waals surface area contributed by atoms with E-state index in [-0.39, 0.29) is 37.5 Å². The number of unbranched alkanes of at least 4 members (excludes halogenated alkanes) is 2. The highest BCUT2D eigenvalue weighted by Gasteiger charge is 2.17. The maximum absolute atomic E-state index is 10.7. The zero-order valence-electron chi connectivity index (χ0n) is 38.0. The van der Waals surface area contributed by atoms with Gasteiger partial charge in [0.15, 0.2) is 5.82 Å². The number of benzene rings is 1. The van der Waals surface area contributed by atoms with Gasteiger partial charge in [0.05, 0.1) is 52.0 Å². The monoisotopic (exact) mass is 921 g/mol. The molecule has 0 radical (unpaired) electrons. The fraction of sp³-hybridized carbons (Fsp3) is 0.605. The van der Waals surface area contributed by atoms with Crippen molar-refractivity contribution in [1.29, 1.82) is 0 Å². The van der Waals surface area contributed by atoms with Gasteiger partial charge in [-0.3, -0.25) is 19.3 Å². The van der Waals surface area contributed by atoms with E-state index >= 15 is 0 Å². The number of aromatic nitrogens is 3. The number of amides is 1. The van der Waals surface area contributed by atoms with E-state index in [9.17, 15) is 24.0 Å². The summed E-state index contributed by atoms with van der Waals surface area (Å²) in [6.45, 7) is 12.7. The van der Waals surface area contributed by atoms with Crippen LogP contribution in [0.4, 0.5) is 11.8 Å². The molecule has 1 fully saturated rings. The number of hydrogen-bond acceptors (Lipinski definition) is 17. The maximum Gasteiger partial charge on any atom is 0.321 e. The van der Waals surface area contributed by atoms with Gasteiger partial charge < -0.3 is 70.9 Å². The van der Waals surface area contributed by atoms with Crippen LogP contribution in [0, 0.1) is 0 Å². The number of rotatable bonds is 27. The van der Waals surface area contributed by atoms with Gasteiger partial charge >= 0.3 is 11.9 Å². The third-order valence-corrected chi connectivity index (χ3v) is 9.70. The van der Waals surface area contributed by atoms with Crippen LogP contribution < -0.4 is 32.2 Å². The molecule has 1 saturated heterocycles. The molecule has 9 N–H and O–H groups in total. The van der Waals surface area contributed by atoms with Gasteiger partial charge in [-0.1, -0.05) is 31.9 Å². The Balaban J connectivity index is 0.000000541. The molecule has 1 aromatic carbocycles. The number of likely N-dealkylation sites (N-methyl/N-ethyl adjacent to an activating group) is 2. The van der Waals surface area contributed by atoms with Gasteiger partial charge in [0.1, 0.15) is 29.9 Å². The number of hydrogen-bond donors (Lipinski definition) is 8. The molecule has 4 rings (SSSR count).